The molecule has 1 aliphatic rings. The van der Waals surface area contributed by atoms with Crippen LogP contribution in [0.5, 0.6) is 0 Å². The highest BCUT2D eigenvalue weighted by Gasteiger charge is 2.27. The summed E-state index contributed by atoms with van der Waals surface area (Å²) in [7, 11) is 3.88. The van der Waals surface area contributed by atoms with Crippen molar-refractivity contribution in [3.63, 3.8) is 0 Å². The first kappa shape index (κ1) is 38.9. The third-order valence-electron chi connectivity index (χ3n) is 5.70. The first-order chi connectivity index (χ1) is 20.5. The van der Waals surface area contributed by atoms with E-state index < -0.39 is 0 Å². The number of hydrogen-bond donors (Lipinski definition) is 2. The number of nitrogens with one attached hydrogen (secondary N) is 2. The van der Waals surface area contributed by atoms with Gasteiger partial charge < -0.3 is 20.2 Å². The van der Waals surface area contributed by atoms with E-state index in [1.54, 1.807) is 35.8 Å². The van der Waals surface area contributed by atoms with Crippen LogP contribution >= 0.6 is 23.5 Å². The summed E-state index contributed by atoms with van der Waals surface area (Å²) in [5.41, 5.74) is 1.53. The van der Waals surface area contributed by atoms with E-state index in [1.165, 1.54) is 19.3 Å². The Bertz CT molecular complexity index is 991. The van der Waals surface area contributed by atoms with Crippen LogP contribution in [0.25, 0.3) is 0 Å². The van der Waals surface area contributed by atoms with Crippen molar-refractivity contribution in [1.29, 1.82) is 0 Å². The summed E-state index contributed by atoms with van der Waals surface area (Å²) in [4.78, 5) is 27.5. The molecular weight excluding hydrogens is 569 g/mol. The molecule has 0 spiro atoms. The molecule has 230 valence electrons. The third kappa shape index (κ3) is 20.8. The minimum atomic E-state index is 0.341. The van der Waals surface area contributed by atoms with Crippen LogP contribution in [0.1, 0.15) is 51.1 Å². The van der Waals surface area contributed by atoms with E-state index in [9.17, 15) is 9.59 Å². The van der Waals surface area contributed by atoms with E-state index in [2.05, 4.69) is 61.2 Å². The second kappa shape index (κ2) is 28.1. The Morgan fingerprint density at radius 2 is 1.57 bits per heavy atom. The number of aldehydes is 2. The van der Waals surface area contributed by atoms with Gasteiger partial charge in [0.2, 0.25) is 0 Å². The van der Waals surface area contributed by atoms with Gasteiger partial charge in [-0.2, -0.15) is 10.2 Å². The highest BCUT2D eigenvalue weighted by atomic mass is 32.2. The number of rotatable bonds is 16. The van der Waals surface area contributed by atoms with Crippen LogP contribution in [0, 0.1) is 11.8 Å². The van der Waals surface area contributed by atoms with Crippen molar-refractivity contribution < 1.29 is 9.59 Å². The van der Waals surface area contributed by atoms with Gasteiger partial charge in [-0.25, -0.2) is 0 Å². The fraction of sp³-hybridized carbons (Fsp3) is 0.467. The summed E-state index contributed by atoms with van der Waals surface area (Å²) < 4.78 is 0. The smallest absolute Gasteiger partial charge is 0.125 e. The zero-order chi connectivity index (χ0) is 31.3. The molecule has 0 aromatic carbocycles. The molecule has 0 radical (unpaired) electrons. The van der Waals surface area contributed by atoms with Crippen molar-refractivity contribution in [2.45, 2.75) is 51.9 Å². The van der Waals surface area contributed by atoms with Crippen molar-refractivity contribution in [2.24, 2.45) is 37.2 Å². The predicted molar refractivity (Wildman–Crippen MR) is 184 cm³/mol. The van der Waals surface area contributed by atoms with Gasteiger partial charge in [0.25, 0.3) is 0 Å². The lowest BCUT2D eigenvalue weighted by atomic mass is 10.0. The predicted octanol–water partition coefficient (Wildman–Crippen LogP) is 5.59. The van der Waals surface area contributed by atoms with Crippen molar-refractivity contribution in [1.82, 2.24) is 15.6 Å². The normalized spacial score (nSPS) is 17.0. The summed E-state index contributed by atoms with van der Waals surface area (Å²) in [6.45, 7) is 12.2. The molecule has 1 fully saturated rings. The van der Waals surface area contributed by atoms with Crippen molar-refractivity contribution in [2.75, 3.05) is 25.8 Å². The van der Waals surface area contributed by atoms with Crippen LogP contribution in [0.15, 0.2) is 73.7 Å². The first-order valence-corrected chi connectivity index (χ1v) is 15.6. The number of pyridine rings is 1. The molecule has 42 heavy (non-hydrogen) atoms. The molecule has 10 nitrogen and oxygen atoms in total. The van der Waals surface area contributed by atoms with E-state index in [1.807, 2.05) is 51.4 Å². The minimum Gasteiger partial charge on any atom is -0.311 e. The van der Waals surface area contributed by atoms with E-state index in [0.717, 1.165) is 52.9 Å². The zero-order valence-electron chi connectivity index (χ0n) is 25.2. The van der Waals surface area contributed by atoms with Crippen LogP contribution in [-0.2, 0) is 16.0 Å². The Morgan fingerprint density at radius 1 is 0.976 bits per heavy atom. The average Bonchev–Trinajstić information content (AvgIpc) is 3.45. The second-order valence-corrected chi connectivity index (χ2v) is 11.0. The number of aliphatic imine (C=N–C) groups is 1. The molecule has 2 unspecified atom stereocenters. The highest BCUT2D eigenvalue weighted by Crippen LogP contribution is 2.37. The summed E-state index contributed by atoms with van der Waals surface area (Å²) in [6.07, 6.45) is 15.3. The molecule has 2 N–H and O–H groups in total. The molecule has 2 atom stereocenters. The fourth-order valence-corrected chi connectivity index (χ4v) is 5.41. The average molecular weight is 615 g/mol. The third-order valence-corrected chi connectivity index (χ3v) is 7.73. The number of carbonyl (C=O) groups excluding carboxylic acids is 2. The molecule has 1 aliphatic carbocycles. The number of allylic oxidation sites excluding steroid dienone is 4. The van der Waals surface area contributed by atoms with Crippen molar-refractivity contribution in [3.8, 4) is 0 Å². The Morgan fingerprint density at radius 3 is 1.98 bits per heavy atom. The van der Waals surface area contributed by atoms with E-state index in [4.69, 9.17) is 0 Å². The van der Waals surface area contributed by atoms with Crippen LogP contribution in [0.4, 0.5) is 0 Å². The Labute approximate surface area is 259 Å². The molecule has 0 amide bonds. The lowest BCUT2D eigenvalue weighted by Crippen LogP contribution is -2.11. The van der Waals surface area contributed by atoms with Crippen LogP contribution < -0.4 is 10.6 Å². The SMILES string of the molecule is C=N/C(=C\C=C/C)CC=O.C=N/N=C(/CC1CCC(C/C(=N/N=C)SCNC)C1)SCNC.O=CCc1ccccn1. The van der Waals surface area contributed by atoms with Crippen molar-refractivity contribution >= 4 is 66.3 Å². The van der Waals surface area contributed by atoms with Gasteiger partial charge in [0.15, 0.2) is 0 Å². The van der Waals surface area contributed by atoms with E-state index in [0.29, 0.717) is 30.4 Å². The second-order valence-electron chi connectivity index (χ2n) is 8.91. The summed E-state index contributed by atoms with van der Waals surface area (Å²) in [6, 6.07) is 5.52. The Balaban J connectivity index is 0.000000723. The van der Waals surface area contributed by atoms with Gasteiger partial charge in [0.1, 0.15) is 12.6 Å². The molecule has 12 heteroatoms. The molecule has 1 heterocycles. The van der Waals surface area contributed by atoms with Gasteiger partial charge >= 0.3 is 0 Å². The molecule has 0 aliphatic heterocycles. The molecule has 0 bridgehead atoms. The molecule has 2 rings (SSSR count). The number of aromatic nitrogens is 1. The maximum absolute atomic E-state index is 9.98. The van der Waals surface area contributed by atoms with Gasteiger partial charge in [-0.05, 0) is 77.0 Å². The lowest BCUT2D eigenvalue weighted by molar-refractivity contribution is -0.108. The number of thioether (sulfide) groups is 2. The Kier molecular flexibility index (Phi) is 26.0. The molecule has 1 saturated carbocycles. The van der Waals surface area contributed by atoms with Crippen LogP contribution in [0.3, 0.4) is 0 Å². The van der Waals surface area contributed by atoms with Gasteiger partial charge in [0.05, 0.1) is 10.1 Å². The Hall–Kier alpha value is -3.06. The van der Waals surface area contributed by atoms with E-state index in [-0.39, 0.29) is 0 Å². The number of nitrogens with zero attached hydrogens (tertiary/aromatic N) is 6. The van der Waals surface area contributed by atoms with Crippen LogP contribution in [0.2, 0.25) is 0 Å². The van der Waals surface area contributed by atoms with Gasteiger partial charge in [-0.1, -0.05) is 41.7 Å². The number of hydrogen-bond acceptors (Lipinski definition) is 12. The molecule has 0 saturated heterocycles. The lowest BCUT2D eigenvalue weighted by Gasteiger charge is -2.13. The topological polar surface area (TPSA) is 133 Å². The maximum atomic E-state index is 9.98. The summed E-state index contributed by atoms with van der Waals surface area (Å²) >= 11 is 3.43. The maximum Gasteiger partial charge on any atom is 0.125 e. The summed E-state index contributed by atoms with van der Waals surface area (Å²) in [5, 5.41) is 24.2. The highest BCUT2D eigenvalue weighted by molar-refractivity contribution is 8.14. The van der Waals surface area contributed by atoms with E-state index >= 15 is 0 Å². The molecular formula is C30H46N8O2S2. The van der Waals surface area contributed by atoms with Gasteiger partial charge in [0, 0.05) is 68.5 Å². The number of carbonyl (C=O) groups is 2. The molecule has 1 aromatic rings. The monoisotopic (exact) mass is 614 g/mol. The van der Waals surface area contributed by atoms with Gasteiger partial charge in [-0.3, -0.25) is 9.98 Å². The van der Waals surface area contributed by atoms with Crippen molar-refractivity contribution in [3.05, 3.63) is 54.0 Å². The molecule has 1 aromatic heterocycles. The standard InChI is InChI=1S/C15H28N6S2.C8H11NO.C7H7NO/c1-16-10-22-14(20-18-3)8-12-5-6-13(7-12)9-15(21-19-4)23-11-17-2;1-3-4-5-8(9-2)6-7-10;9-6-4-7-3-1-2-5-8-7/h12-13,16-17H,3-11H2,1-2H3;3-5,7H,2,6H2,1H3;1-3,5-6H,4H2/b20-14-,21-15-;4-3-,8-5-;. The summed E-state index contributed by atoms with van der Waals surface area (Å²) in [5.74, 6) is 3.06. The zero-order valence-corrected chi connectivity index (χ0v) is 26.8. The fourth-order valence-electron chi connectivity index (χ4n) is 3.85. The quantitative estimate of drug-likeness (QED) is 0.0619. The van der Waals surface area contributed by atoms with Crippen LogP contribution in [-0.4, -0.2) is 73.6 Å². The first-order valence-electron chi connectivity index (χ1n) is 13.7. The van der Waals surface area contributed by atoms with Gasteiger partial charge in [-0.15, -0.1) is 10.2 Å². The largest absolute Gasteiger partial charge is 0.311 e. The minimum absolute atomic E-state index is 0.341.